The van der Waals surface area contributed by atoms with Gasteiger partial charge in [-0.2, -0.15) is 11.8 Å². The summed E-state index contributed by atoms with van der Waals surface area (Å²) in [7, 11) is 0. The van der Waals surface area contributed by atoms with Gasteiger partial charge in [0.1, 0.15) is 5.78 Å². The van der Waals surface area contributed by atoms with Gasteiger partial charge >= 0.3 is 0 Å². The zero-order chi connectivity index (χ0) is 11.2. The summed E-state index contributed by atoms with van der Waals surface area (Å²) in [5, 5.41) is 0. The van der Waals surface area contributed by atoms with Crippen molar-refractivity contribution in [3.8, 4) is 0 Å². The molecule has 0 atom stereocenters. The Hall–Kier alpha value is 0.0200. The molecule has 0 amide bonds. The van der Waals surface area contributed by atoms with Crippen LogP contribution in [0.2, 0.25) is 0 Å². The van der Waals surface area contributed by atoms with Gasteiger partial charge in [0.05, 0.1) is 5.75 Å². The Kier molecular flexibility index (Phi) is 5.21. The molecule has 0 aromatic carbocycles. The molecule has 2 saturated carbocycles. The predicted octanol–water partition coefficient (Wildman–Crippen LogP) is 4.06. The third-order valence-corrected chi connectivity index (χ3v) is 5.33. The fraction of sp³-hybridized carbons (Fsp3) is 0.929. The molecule has 92 valence electrons. The van der Waals surface area contributed by atoms with E-state index in [1.54, 1.807) is 0 Å². The van der Waals surface area contributed by atoms with Gasteiger partial charge in [-0.3, -0.25) is 4.79 Å². The molecule has 2 fully saturated rings. The first-order valence-corrected chi connectivity index (χ1v) is 8.12. The molecule has 0 heterocycles. The quantitative estimate of drug-likeness (QED) is 0.721. The van der Waals surface area contributed by atoms with Crippen LogP contribution in [-0.4, -0.2) is 17.3 Å². The molecule has 1 nitrogen and oxygen atoms in total. The molecule has 2 aliphatic carbocycles. The standard InChI is InChI=1S/C14H24OS/c15-14(13-8-2-1-3-9-13)11-16-10-12-6-4-5-7-12/h12-13H,1-11H2. The monoisotopic (exact) mass is 240 g/mol. The van der Waals surface area contributed by atoms with Gasteiger partial charge in [0.15, 0.2) is 0 Å². The van der Waals surface area contributed by atoms with Crippen LogP contribution in [0, 0.1) is 11.8 Å². The Morgan fingerprint density at radius 3 is 2.25 bits per heavy atom. The van der Waals surface area contributed by atoms with Crippen molar-refractivity contribution in [2.24, 2.45) is 11.8 Å². The molecule has 0 N–H and O–H groups in total. The maximum atomic E-state index is 12.0. The Bertz CT molecular complexity index is 215. The minimum Gasteiger partial charge on any atom is -0.298 e. The highest BCUT2D eigenvalue weighted by molar-refractivity contribution is 7.99. The van der Waals surface area contributed by atoms with Crippen molar-refractivity contribution in [3.05, 3.63) is 0 Å². The number of thioether (sulfide) groups is 1. The normalized spacial score (nSPS) is 23.8. The van der Waals surface area contributed by atoms with Gasteiger partial charge in [0, 0.05) is 5.92 Å². The summed E-state index contributed by atoms with van der Waals surface area (Å²) in [6.07, 6.45) is 11.9. The van der Waals surface area contributed by atoms with Gasteiger partial charge in [-0.1, -0.05) is 32.1 Å². The lowest BCUT2D eigenvalue weighted by Gasteiger charge is -2.20. The van der Waals surface area contributed by atoms with Gasteiger partial charge in [-0.25, -0.2) is 0 Å². The minimum absolute atomic E-state index is 0.421. The summed E-state index contributed by atoms with van der Waals surface area (Å²) in [4.78, 5) is 12.0. The first-order valence-electron chi connectivity index (χ1n) is 6.96. The van der Waals surface area contributed by atoms with E-state index in [2.05, 4.69) is 0 Å². The van der Waals surface area contributed by atoms with Gasteiger partial charge in [0.2, 0.25) is 0 Å². The molecule has 0 aromatic heterocycles. The van der Waals surface area contributed by atoms with E-state index < -0.39 is 0 Å². The van der Waals surface area contributed by atoms with Crippen LogP contribution in [0.25, 0.3) is 0 Å². The van der Waals surface area contributed by atoms with Crippen LogP contribution in [0.5, 0.6) is 0 Å². The average Bonchev–Trinajstić information content (AvgIpc) is 2.83. The predicted molar refractivity (Wildman–Crippen MR) is 70.9 cm³/mol. The maximum Gasteiger partial charge on any atom is 0.145 e. The van der Waals surface area contributed by atoms with Crippen molar-refractivity contribution >= 4 is 17.5 Å². The van der Waals surface area contributed by atoms with Gasteiger partial charge in [0.25, 0.3) is 0 Å². The summed E-state index contributed by atoms with van der Waals surface area (Å²) in [6.45, 7) is 0. The molecular weight excluding hydrogens is 216 g/mol. The highest BCUT2D eigenvalue weighted by Gasteiger charge is 2.21. The van der Waals surface area contributed by atoms with Crippen LogP contribution in [0.3, 0.4) is 0 Å². The Balaban J connectivity index is 1.59. The fourth-order valence-corrected chi connectivity index (χ4v) is 4.27. The molecule has 16 heavy (non-hydrogen) atoms. The van der Waals surface area contributed by atoms with E-state index >= 15 is 0 Å². The van der Waals surface area contributed by atoms with Crippen molar-refractivity contribution in [2.45, 2.75) is 57.8 Å². The molecule has 0 bridgehead atoms. The summed E-state index contributed by atoms with van der Waals surface area (Å²) < 4.78 is 0. The van der Waals surface area contributed by atoms with Crippen molar-refractivity contribution in [1.29, 1.82) is 0 Å². The summed E-state index contributed by atoms with van der Waals surface area (Å²) in [5.41, 5.74) is 0. The highest BCUT2D eigenvalue weighted by Crippen LogP contribution is 2.29. The molecule has 2 aliphatic rings. The lowest BCUT2D eigenvalue weighted by atomic mass is 9.87. The number of ketones is 1. The van der Waals surface area contributed by atoms with Gasteiger partial charge in [-0.15, -0.1) is 0 Å². The summed E-state index contributed by atoms with van der Waals surface area (Å²) >= 11 is 1.90. The number of hydrogen-bond donors (Lipinski definition) is 0. The zero-order valence-electron chi connectivity index (χ0n) is 10.2. The van der Waals surface area contributed by atoms with Crippen LogP contribution in [0.4, 0.5) is 0 Å². The molecule has 0 aromatic rings. The number of hydrogen-bond acceptors (Lipinski definition) is 2. The molecule has 0 unspecified atom stereocenters. The second-order valence-corrected chi connectivity index (χ2v) is 6.50. The SMILES string of the molecule is O=C(CSCC1CCCC1)C1CCCCC1. The number of carbonyl (C=O) groups excluding carboxylic acids is 1. The second kappa shape index (κ2) is 6.68. The fourth-order valence-electron chi connectivity index (χ4n) is 3.05. The van der Waals surface area contributed by atoms with E-state index in [-0.39, 0.29) is 0 Å². The Labute approximate surface area is 104 Å². The van der Waals surface area contributed by atoms with Crippen molar-refractivity contribution in [2.75, 3.05) is 11.5 Å². The van der Waals surface area contributed by atoms with E-state index in [1.165, 1.54) is 63.5 Å². The smallest absolute Gasteiger partial charge is 0.145 e. The molecule has 0 saturated heterocycles. The number of carbonyl (C=O) groups is 1. The van der Waals surface area contributed by atoms with E-state index in [9.17, 15) is 4.79 Å². The largest absolute Gasteiger partial charge is 0.298 e. The van der Waals surface area contributed by atoms with E-state index in [0.29, 0.717) is 11.7 Å². The minimum atomic E-state index is 0.421. The lowest BCUT2D eigenvalue weighted by molar-refractivity contribution is -0.121. The van der Waals surface area contributed by atoms with E-state index in [1.807, 2.05) is 11.8 Å². The van der Waals surface area contributed by atoms with Crippen molar-refractivity contribution < 1.29 is 4.79 Å². The topological polar surface area (TPSA) is 17.1 Å². The zero-order valence-corrected chi connectivity index (χ0v) is 11.1. The van der Waals surface area contributed by atoms with E-state index in [4.69, 9.17) is 0 Å². The molecular formula is C14H24OS. The van der Waals surface area contributed by atoms with Crippen LogP contribution in [0.15, 0.2) is 0 Å². The third kappa shape index (κ3) is 3.80. The highest BCUT2D eigenvalue weighted by atomic mass is 32.2. The van der Waals surface area contributed by atoms with Gasteiger partial charge in [-0.05, 0) is 37.4 Å². The number of Topliss-reactive ketones (excluding diaryl/α,β-unsaturated/α-hetero) is 1. The van der Waals surface area contributed by atoms with Crippen LogP contribution >= 0.6 is 11.8 Å². The van der Waals surface area contributed by atoms with Gasteiger partial charge < -0.3 is 0 Å². The third-order valence-electron chi connectivity index (χ3n) is 4.13. The van der Waals surface area contributed by atoms with Crippen LogP contribution in [0.1, 0.15) is 57.8 Å². The summed E-state index contributed by atoms with van der Waals surface area (Å²) in [6, 6.07) is 0. The van der Waals surface area contributed by atoms with Crippen LogP contribution < -0.4 is 0 Å². The van der Waals surface area contributed by atoms with Crippen LogP contribution in [-0.2, 0) is 4.79 Å². The molecule has 0 aliphatic heterocycles. The maximum absolute atomic E-state index is 12.0. The lowest BCUT2D eigenvalue weighted by Crippen LogP contribution is -2.20. The Morgan fingerprint density at radius 1 is 0.938 bits per heavy atom. The molecule has 0 radical (unpaired) electrons. The van der Waals surface area contributed by atoms with Crippen molar-refractivity contribution in [3.63, 3.8) is 0 Å². The average molecular weight is 240 g/mol. The first kappa shape index (κ1) is 12.5. The van der Waals surface area contributed by atoms with Crippen molar-refractivity contribution in [1.82, 2.24) is 0 Å². The molecule has 2 heteroatoms. The van der Waals surface area contributed by atoms with E-state index in [0.717, 1.165) is 11.7 Å². The molecule has 2 rings (SSSR count). The Morgan fingerprint density at radius 2 is 1.56 bits per heavy atom. The second-order valence-electron chi connectivity index (χ2n) is 5.47. The molecule has 0 spiro atoms. The summed E-state index contributed by atoms with van der Waals surface area (Å²) in [5.74, 6) is 3.91. The first-order chi connectivity index (χ1) is 7.86. The number of rotatable bonds is 5.